The molecule has 0 aromatic rings. The molecule has 1 rings (SSSR count). The molecule has 1 saturated heterocycles. The Labute approximate surface area is 113 Å². The van der Waals surface area contributed by atoms with Gasteiger partial charge in [0, 0.05) is 30.3 Å². The molecule has 1 atom stereocenters. The van der Waals surface area contributed by atoms with Crippen LogP contribution in [0.5, 0.6) is 0 Å². The van der Waals surface area contributed by atoms with E-state index in [1.165, 1.54) is 0 Å². The van der Waals surface area contributed by atoms with Gasteiger partial charge in [0.25, 0.3) is 0 Å². The maximum atomic E-state index is 11.7. The average Bonchev–Trinajstić information content (AvgIpc) is 2.25. The summed E-state index contributed by atoms with van der Waals surface area (Å²) in [5.41, 5.74) is 0. The lowest BCUT2D eigenvalue weighted by Gasteiger charge is -2.25. The van der Waals surface area contributed by atoms with Crippen LogP contribution >= 0.6 is 11.8 Å². The normalized spacial score (nSPS) is 23.6. The summed E-state index contributed by atoms with van der Waals surface area (Å²) in [5.74, 6) is 0.142. The quantitative estimate of drug-likeness (QED) is 0.748. The Balaban J connectivity index is 2.37. The summed E-state index contributed by atoms with van der Waals surface area (Å²) in [5, 5.41) is 5.93. The highest BCUT2D eigenvalue weighted by Crippen LogP contribution is 2.19. The predicted molar refractivity (Wildman–Crippen MR) is 75.7 cm³/mol. The number of carbonyl (C=O) groups excluding carboxylic acids is 1. The molecular weight excluding hydrogens is 272 g/mol. The summed E-state index contributed by atoms with van der Waals surface area (Å²) >= 11 is 1.69. The van der Waals surface area contributed by atoms with E-state index >= 15 is 0 Å². The van der Waals surface area contributed by atoms with Gasteiger partial charge in [-0.25, -0.2) is 8.42 Å². The van der Waals surface area contributed by atoms with Crippen molar-refractivity contribution in [2.24, 2.45) is 0 Å². The van der Waals surface area contributed by atoms with Gasteiger partial charge in [-0.1, -0.05) is 0 Å². The molecule has 1 unspecified atom stereocenters. The Morgan fingerprint density at radius 1 is 1.50 bits per heavy atom. The summed E-state index contributed by atoms with van der Waals surface area (Å²) in [4.78, 5) is 11.7. The lowest BCUT2D eigenvalue weighted by Crippen LogP contribution is -2.48. The fourth-order valence-electron chi connectivity index (χ4n) is 1.68. The van der Waals surface area contributed by atoms with Gasteiger partial charge in [0.15, 0.2) is 9.84 Å². The molecule has 1 aliphatic heterocycles. The summed E-state index contributed by atoms with van der Waals surface area (Å²) in [7, 11) is -2.97. The van der Waals surface area contributed by atoms with Crippen LogP contribution in [0, 0.1) is 0 Å². The third-order valence-electron chi connectivity index (χ3n) is 3.00. The summed E-state index contributed by atoms with van der Waals surface area (Å²) < 4.78 is 22.9. The van der Waals surface area contributed by atoms with Gasteiger partial charge < -0.3 is 10.6 Å². The van der Waals surface area contributed by atoms with Crippen LogP contribution in [0.25, 0.3) is 0 Å². The smallest absolute Gasteiger partial charge is 0.221 e. The molecule has 1 aliphatic rings. The Hall–Kier alpha value is -0.270. The minimum atomic E-state index is -2.97. The summed E-state index contributed by atoms with van der Waals surface area (Å²) in [6.45, 7) is 5.14. The van der Waals surface area contributed by atoms with Crippen molar-refractivity contribution in [1.29, 1.82) is 0 Å². The van der Waals surface area contributed by atoms with E-state index in [0.717, 1.165) is 0 Å². The highest BCUT2D eigenvalue weighted by Gasteiger charge is 2.26. The van der Waals surface area contributed by atoms with Crippen molar-refractivity contribution in [3.63, 3.8) is 0 Å². The number of nitrogens with one attached hydrogen (secondary N) is 2. The second kappa shape index (κ2) is 6.25. The predicted octanol–water partition coefficient (Wildman–Crippen LogP) is 0.0209. The standard InChI is InChI=1S/C11H22N2O3S2/c1-11(2,17-3)8-13-10(14)6-9-7-18(15,16)5-4-12-9/h9,12H,4-8H2,1-3H3,(H,13,14). The van der Waals surface area contributed by atoms with Gasteiger partial charge in [-0.15, -0.1) is 0 Å². The second-order valence-corrected chi connectivity index (χ2v) is 8.95. The molecule has 106 valence electrons. The van der Waals surface area contributed by atoms with Crippen molar-refractivity contribution < 1.29 is 13.2 Å². The molecule has 1 heterocycles. The van der Waals surface area contributed by atoms with E-state index in [-0.39, 0.29) is 34.6 Å². The fraction of sp³-hybridized carbons (Fsp3) is 0.909. The number of sulfone groups is 1. The van der Waals surface area contributed by atoms with Gasteiger partial charge in [0.05, 0.1) is 11.5 Å². The summed E-state index contributed by atoms with van der Waals surface area (Å²) in [6.07, 6.45) is 2.23. The maximum absolute atomic E-state index is 11.7. The van der Waals surface area contributed by atoms with Crippen LogP contribution in [-0.4, -0.2) is 56.0 Å². The van der Waals surface area contributed by atoms with E-state index in [2.05, 4.69) is 24.5 Å². The first-order valence-electron chi connectivity index (χ1n) is 6.00. The fourth-order valence-corrected chi connectivity index (χ4v) is 3.34. The van der Waals surface area contributed by atoms with Gasteiger partial charge >= 0.3 is 0 Å². The lowest BCUT2D eigenvalue weighted by atomic mass is 10.2. The van der Waals surface area contributed by atoms with E-state index in [1.54, 1.807) is 11.8 Å². The molecular formula is C11H22N2O3S2. The Kier molecular flexibility index (Phi) is 5.48. The minimum absolute atomic E-state index is 0.00172. The molecule has 1 fully saturated rings. The van der Waals surface area contributed by atoms with Gasteiger partial charge in [-0.3, -0.25) is 4.79 Å². The second-order valence-electron chi connectivity index (χ2n) is 5.21. The maximum Gasteiger partial charge on any atom is 0.221 e. The van der Waals surface area contributed by atoms with Gasteiger partial charge in [-0.05, 0) is 20.1 Å². The van der Waals surface area contributed by atoms with Crippen molar-refractivity contribution >= 4 is 27.5 Å². The first kappa shape index (κ1) is 15.8. The largest absolute Gasteiger partial charge is 0.355 e. The van der Waals surface area contributed by atoms with Crippen LogP contribution in [0.15, 0.2) is 0 Å². The number of thioether (sulfide) groups is 1. The molecule has 7 heteroatoms. The molecule has 2 N–H and O–H groups in total. The first-order valence-corrected chi connectivity index (χ1v) is 9.04. The molecule has 18 heavy (non-hydrogen) atoms. The van der Waals surface area contributed by atoms with E-state index in [0.29, 0.717) is 13.1 Å². The van der Waals surface area contributed by atoms with Crippen molar-refractivity contribution in [2.75, 3.05) is 30.9 Å². The monoisotopic (exact) mass is 294 g/mol. The van der Waals surface area contributed by atoms with Crippen molar-refractivity contribution in [3.05, 3.63) is 0 Å². The molecule has 0 aromatic carbocycles. The van der Waals surface area contributed by atoms with E-state index < -0.39 is 9.84 Å². The van der Waals surface area contributed by atoms with Crippen molar-refractivity contribution in [3.8, 4) is 0 Å². The number of amides is 1. The number of carbonyl (C=O) groups is 1. The van der Waals surface area contributed by atoms with Crippen LogP contribution in [0.2, 0.25) is 0 Å². The molecule has 5 nitrogen and oxygen atoms in total. The average molecular weight is 294 g/mol. The summed E-state index contributed by atoms with van der Waals surface area (Å²) in [6, 6.07) is -0.249. The van der Waals surface area contributed by atoms with Crippen LogP contribution in [-0.2, 0) is 14.6 Å². The Bertz CT molecular complexity index is 393. The molecule has 0 bridgehead atoms. The molecule has 0 saturated carbocycles. The van der Waals surface area contributed by atoms with Crippen molar-refractivity contribution in [2.45, 2.75) is 31.1 Å². The van der Waals surface area contributed by atoms with E-state index in [4.69, 9.17) is 0 Å². The zero-order chi connectivity index (χ0) is 13.8. The zero-order valence-corrected chi connectivity index (χ0v) is 12.8. The molecule has 0 radical (unpaired) electrons. The topological polar surface area (TPSA) is 75.3 Å². The van der Waals surface area contributed by atoms with Crippen LogP contribution in [0.4, 0.5) is 0 Å². The van der Waals surface area contributed by atoms with Crippen LogP contribution in [0.3, 0.4) is 0 Å². The molecule has 0 aromatic heterocycles. The highest BCUT2D eigenvalue weighted by molar-refractivity contribution is 7.99. The van der Waals surface area contributed by atoms with E-state index in [9.17, 15) is 13.2 Å². The van der Waals surface area contributed by atoms with Gasteiger partial charge in [-0.2, -0.15) is 11.8 Å². The third kappa shape index (κ3) is 5.58. The van der Waals surface area contributed by atoms with Gasteiger partial charge in [0.1, 0.15) is 0 Å². The van der Waals surface area contributed by atoms with E-state index in [1.807, 2.05) is 6.26 Å². The zero-order valence-electron chi connectivity index (χ0n) is 11.2. The molecule has 0 spiro atoms. The number of rotatable bonds is 5. The van der Waals surface area contributed by atoms with Crippen LogP contribution in [0.1, 0.15) is 20.3 Å². The van der Waals surface area contributed by atoms with Gasteiger partial charge in [0.2, 0.25) is 5.91 Å². The molecule has 1 amide bonds. The lowest BCUT2D eigenvalue weighted by molar-refractivity contribution is -0.121. The highest BCUT2D eigenvalue weighted by atomic mass is 32.2. The SMILES string of the molecule is CSC(C)(C)CNC(=O)CC1CS(=O)(=O)CCN1. The Morgan fingerprint density at radius 2 is 2.17 bits per heavy atom. The first-order chi connectivity index (χ1) is 8.24. The minimum Gasteiger partial charge on any atom is -0.355 e. The Morgan fingerprint density at radius 3 is 2.72 bits per heavy atom. The number of hydrogen-bond donors (Lipinski definition) is 2. The number of hydrogen-bond acceptors (Lipinski definition) is 5. The molecule has 0 aliphatic carbocycles. The van der Waals surface area contributed by atoms with Crippen molar-refractivity contribution in [1.82, 2.24) is 10.6 Å². The van der Waals surface area contributed by atoms with Crippen LogP contribution < -0.4 is 10.6 Å². The third-order valence-corrected chi connectivity index (χ3v) is 5.98.